The van der Waals surface area contributed by atoms with Crippen molar-refractivity contribution >= 4 is 10.0 Å². The molecule has 1 aliphatic carbocycles. The van der Waals surface area contributed by atoms with Crippen LogP contribution in [0.4, 0.5) is 0 Å². The molecule has 0 spiro atoms. The molecule has 108 valence electrons. The lowest BCUT2D eigenvalue weighted by Crippen LogP contribution is -2.35. The minimum Gasteiger partial charge on any atom is -0.393 e. The fraction of sp³-hybridized carbons (Fsp3) is 1.00. The number of hydrogen-bond donors (Lipinski definition) is 2. The zero-order valence-corrected chi connectivity index (χ0v) is 12.6. The number of hydrogen-bond acceptors (Lipinski definition) is 3. The highest BCUT2D eigenvalue weighted by Gasteiger charge is 2.22. The summed E-state index contributed by atoms with van der Waals surface area (Å²) in [6, 6.07) is 0. The van der Waals surface area contributed by atoms with Crippen molar-refractivity contribution in [1.29, 1.82) is 0 Å². The normalized spacial score (nSPS) is 26.2. The van der Waals surface area contributed by atoms with Crippen molar-refractivity contribution in [2.75, 3.05) is 12.3 Å². The highest BCUT2D eigenvalue weighted by atomic mass is 32.2. The Kier molecular flexibility index (Phi) is 5.62. The first-order chi connectivity index (χ1) is 8.18. The minimum atomic E-state index is -3.16. The molecule has 0 aromatic carbocycles. The van der Waals surface area contributed by atoms with Crippen molar-refractivity contribution in [2.24, 2.45) is 11.3 Å². The molecule has 0 aromatic heterocycles. The summed E-state index contributed by atoms with van der Waals surface area (Å²) < 4.78 is 26.3. The lowest BCUT2D eigenvalue weighted by molar-refractivity contribution is 0.102. The van der Waals surface area contributed by atoms with Gasteiger partial charge in [-0.2, -0.15) is 0 Å². The van der Waals surface area contributed by atoms with Gasteiger partial charge < -0.3 is 5.11 Å². The van der Waals surface area contributed by atoms with Gasteiger partial charge in [0, 0.05) is 6.54 Å². The second kappa shape index (κ2) is 6.35. The maximum Gasteiger partial charge on any atom is 0.211 e. The van der Waals surface area contributed by atoms with E-state index in [9.17, 15) is 13.5 Å². The van der Waals surface area contributed by atoms with Gasteiger partial charge in [-0.1, -0.05) is 27.2 Å². The molecule has 2 unspecified atom stereocenters. The topological polar surface area (TPSA) is 66.4 Å². The molecular formula is C13H27NO3S. The largest absolute Gasteiger partial charge is 0.393 e. The second-order valence-corrected chi connectivity index (χ2v) is 8.59. The van der Waals surface area contributed by atoms with Gasteiger partial charge >= 0.3 is 0 Å². The minimum absolute atomic E-state index is 0.0375. The molecule has 2 N–H and O–H groups in total. The zero-order valence-electron chi connectivity index (χ0n) is 11.8. The summed E-state index contributed by atoms with van der Waals surface area (Å²) in [5, 5.41) is 9.54. The predicted molar refractivity (Wildman–Crippen MR) is 73.8 cm³/mol. The lowest BCUT2D eigenvalue weighted by Gasteiger charge is -2.26. The van der Waals surface area contributed by atoms with Gasteiger partial charge in [-0.15, -0.1) is 0 Å². The highest BCUT2D eigenvalue weighted by molar-refractivity contribution is 7.89. The molecule has 0 saturated heterocycles. The summed E-state index contributed by atoms with van der Waals surface area (Å²) >= 11 is 0. The van der Waals surface area contributed by atoms with Crippen LogP contribution in [0.3, 0.4) is 0 Å². The average molecular weight is 277 g/mol. The Morgan fingerprint density at radius 3 is 2.50 bits per heavy atom. The van der Waals surface area contributed by atoms with Crippen LogP contribution in [0.2, 0.25) is 0 Å². The van der Waals surface area contributed by atoms with Crippen molar-refractivity contribution in [1.82, 2.24) is 4.72 Å². The second-order valence-electron chi connectivity index (χ2n) is 6.66. The van der Waals surface area contributed by atoms with E-state index in [1.807, 2.05) is 20.8 Å². The molecule has 2 atom stereocenters. The van der Waals surface area contributed by atoms with E-state index in [0.29, 0.717) is 13.0 Å². The van der Waals surface area contributed by atoms with Crippen molar-refractivity contribution in [2.45, 2.75) is 59.0 Å². The van der Waals surface area contributed by atoms with Gasteiger partial charge in [-0.05, 0) is 37.0 Å². The SMILES string of the molecule is CC(C)(C)CCS(=O)(=O)NCC1CCCC(O)C1. The van der Waals surface area contributed by atoms with Crippen LogP contribution in [0.5, 0.6) is 0 Å². The number of nitrogens with one attached hydrogen (secondary N) is 1. The van der Waals surface area contributed by atoms with Crippen molar-refractivity contribution < 1.29 is 13.5 Å². The van der Waals surface area contributed by atoms with Gasteiger partial charge in [0.25, 0.3) is 0 Å². The first-order valence-corrected chi connectivity index (χ1v) is 8.48. The summed E-state index contributed by atoms with van der Waals surface area (Å²) in [7, 11) is -3.16. The van der Waals surface area contributed by atoms with Gasteiger partial charge in [0.05, 0.1) is 11.9 Å². The van der Waals surface area contributed by atoms with Gasteiger partial charge in [0.1, 0.15) is 0 Å². The smallest absolute Gasteiger partial charge is 0.211 e. The van der Waals surface area contributed by atoms with Crippen LogP contribution in [-0.2, 0) is 10.0 Å². The van der Waals surface area contributed by atoms with Crippen LogP contribution in [0.15, 0.2) is 0 Å². The maximum absolute atomic E-state index is 11.8. The molecule has 0 heterocycles. The monoisotopic (exact) mass is 277 g/mol. The van der Waals surface area contributed by atoms with Crippen LogP contribution >= 0.6 is 0 Å². The molecule has 0 amide bonds. The van der Waals surface area contributed by atoms with E-state index >= 15 is 0 Å². The zero-order chi connectivity index (χ0) is 13.8. The molecule has 4 nitrogen and oxygen atoms in total. The lowest BCUT2D eigenvalue weighted by atomic mass is 9.87. The van der Waals surface area contributed by atoms with Gasteiger partial charge in [0.15, 0.2) is 0 Å². The van der Waals surface area contributed by atoms with Crippen molar-refractivity contribution in [3.63, 3.8) is 0 Å². The summed E-state index contributed by atoms with van der Waals surface area (Å²) in [6.07, 6.45) is 4.00. The quantitative estimate of drug-likeness (QED) is 0.806. The summed E-state index contributed by atoms with van der Waals surface area (Å²) in [5.74, 6) is 0.476. The number of sulfonamides is 1. The Labute approximate surface area is 111 Å². The van der Waals surface area contributed by atoms with E-state index in [1.165, 1.54) is 0 Å². The molecule has 1 saturated carbocycles. The van der Waals surface area contributed by atoms with Crippen LogP contribution in [0, 0.1) is 11.3 Å². The van der Waals surface area contributed by atoms with E-state index in [-0.39, 0.29) is 23.2 Å². The molecule has 0 bridgehead atoms. The van der Waals surface area contributed by atoms with E-state index in [2.05, 4.69) is 4.72 Å². The average Bonchev–Trinajstić information content (AvgIpc) is 2.24. The first kappa shape index (κ1) is 15.9. The van der Waals surface area contributed by atoms with Crippen molar-refractivity contribution in [3.8, 4) is 0 Å². The third kappa shape index (κ3) is 6.71. The third-order valence-electron chi connectivity index (χ3n) is 3.47. The fourth-order valence-electron chi connectivity index (χ4n) is 2.21. The highest BCUT2D eigenvalue weighted by Crippen LogP contribution is 2.24. The Morgan fingerprint density at radius 2 is 1.94 bits per heavy atom. The molecule has 5 heteroatoms. The summed E-state index contributed by atoms with van der Waals surface area (Å²) in [5.41, 5.74) is 0.0375. The van der Waals surface area contributed by atoms with E-state index in [1.54, 1.807) is 0 Å². The Balaban J connectivity index is 2.32. The first-order valence-electron chi connectivity index (χ1n) is 6.83. The molecule has 0 radical (unpaired) electrons. The van der Waals surface area contributed by atoms with E-state index < -0.39 is 10.0 Å². The molecule has 0 aliphatic heterocycles. The standard InChI is InChI=1S/C13H27NO3S/c1-13(2,3)7-8-18(16,17)14-10-11-5-4-6-12(15)9-11/h11-12,14-15H,4-10H2,1-3H3. The third-order valence-corrected chi connectivity index (χ3v) is 4.82. The molecular weight excluding hydrogens is 250 g/mol. The maximum atomic E-state index is 11.8. The predicted octanol–water partition coefficient (Wildman–Crippen LogP) is 1.89. The molecule has 18 heavy (non-hydrogen) atoms. The number of aliphatic hydroxyl groups excluding tert-OH is 1. The van der Waals surface area contributed by atoms with Gasteiger partial charge in [0.2, 0.25) is 10.0 Å². The van der Waals surface area contributed by atoms with Crippen LogP contribution in [0.1, 0.15) is 52.9 Å². The summed E-state index contributed by atoms with van der Waals surface area (Å²) in [4.78, 5) is 0. The molecule has 1 fully saturated rings. The van der Waals surface area contributed by atoms with Crippen LogP contribution in [0.25, 0.3) is 0 Å². The van der Waals surface area contributed by atoms with Crippen LogP contribution in [-0.4, -0.2) is 31.9 Å². The fourth-order valence-corrected chi connectivity index (χ4v) is 3.72. The molecule has 0 aromatic rings. The van der Waals surface area contributed by atoms with Crippen LogP contribution < -0.4 is 4.72 Å². The Bertz CT molecular complexity index is 346. The Hall–Kier alpha value is -0.130. The van der Waals surface area contributed by atoms with Gasteiger partial charge in [-0.3, -0.25) is 0 Å². The van der Waals surface area contributed by atoms with E-state index in [0.717, 1.165) is 25.7 Å². The Morgan fingerprint density at radius 1 is 1.28 bits per heavy atom. The molecule has 1 rings (SSSR count). The number of aliphatic hydroxyl groups is 1. The van der Waals surface area contributed by atoms with Gasteiger partial charge in [-0.25, -0.2) is 13.1 Å². The number of rotatable bonds is 5. The van der Waals surface area contributed by atoms with Crippen molar-refractivity contribution in [3.05, 3.63) is 0 Å². The molecule has 1 aliphatic rings. The van der Waals surface area contributed by atoms with E-state index in [4.69, 9.17) is 0 Å². The summed E-state index contributed by atoms with van der Waals surface area (Å²) in [6.45, 7) is 6.60.